The van der Waals surface area contributed by atoms with E-state index in [-0.39, 0.29) is 11.5 Å². The number of rotatable bonds is 2. The maximum atomic E-state index is 13.0. The van der Waals surface area contributed by atoms with Crippen LogP contribution in [0.4, 0.5) is 10.1 Å². The number of hydrogen-bond donors (Lipinski definition) is 1. The summed E-state index contributed by atoms with van der Waals surface area (Å²) >= 11 is 6.67. The normalized spacial score (nSPS) is 10.2. The summed E-state index contributed by atoms with van der Waals surface area (Å²) in [5.41, 5.74) is 0.914. The van der Waals surface area contributed by atoms with E-state index in [1.807, 2.05) is 12.1 Å². The minimum absolute atomic E-state index is 0.282. The van der Waals surface area contributed by atoms with Crippen molar-refractivity contribution in [3.05, 3.63) is 62.8 Å². The molecule has 0 atom stereocenters. The fraction of sp³-hybridized carbons (Fsp3) is 0. The van der Waals surface area contributed by atoms with Crippen LogP contribution in [0.5, 0.6) is 0 Å². The fourth-order valence-electron chi connectivity index (χ4n) is 1.42. The second kappa shape index (κ2) is 5.63. The zero-order valence-corrected chi connectivity index (χ0v) is 12.3. The molecular weight excluding hydrogens is 365 g/mol. The lowest BCUT2D eigenvalue weighted by atomic mass is 10.2. The molecule has 0 aliphatic carbocycles. The van der Waals surface area contributed by atoms with Crippen LogP contribution in [-0.4, -0.2) is 5.91 Å². The summed E-state index contributed by atoms with van der Waals surface area (Å²) in [5, 5.41) is 2.71. The van der Waals surface area contributed by atoms with Gasteiger partial charge in [-0.2, -0.15) is 0 Å². The van der Waals surface area contributed by atoms with Gasteiger partial charge in [-0.05, 0) is 52.3 Å². The molecule has 0 saturated heterocycles. The van der Waals surface area contributed by atoms with E-state index < -0.39 is 5.82 Å². The maximum absolute atomic E-state index is 13.0. The smallest absolute Gasteiger partial charge is 0.255 e. The van der Waals surface area contributed by atoms with Gasteiger partial charge in [0, 0.05) is 14.5 Å². The maximum Gasteiger partial charge on any atom is 0.255 e. The van der Waals surface area contributed by atoms with Crippen LogP contribution in [0.1, 0.15) is 10.4 Å². The van der Waals surface area contributed by atoms with Crippen molar-refractivity contribution in [2.45, 2.75) is 0 Å². The summed E-state index contributed by atoms with van der Waals surface area (Å²) in [6, 6.07) is 10.9. The predicted molar refractivity (Wildman–Crippen MR) is 76.2 cm³/mol. The molecule has 18 heavy (non-hydrogen) atoms. The fourth-order valence-corrected chi connectivity index (χ4v) is 2.56. The highest BCUT2D eigenvalue weighted by Crippen LogP contribution is 2.26. The van der Waals surface area contributed by atoms with Crippen LogP contribution in [0.25, 0.3) is 0 Å². The molecule has 0 aliphatic heterocycles. The topological polar surface area (TPSA) is 29.1 Å². The highest BCUT2D eigenvalue weighted by molar-refractivity contribution is 9.11. The van der Waals surface area contributed by atoms with E-state index in [1.165, 1.54) is 18.2 Å². The van der Waals surface area contributed by atoms with E-state index in [0.717, 1.165) is 8.95 Å². The summed E-state index contributed by atoms with van der Waals surface area (Å²) in [5.74, 6) is -0.782. The van der Waals surface area contributed by atoms with E-state index in [1.54, 1.807) is 12.1 Å². The van der Waals surface area contributed by atoms with Gasteiger partial charge in [-0.1, -0.05) is 22.0 Å². The first kappa shape index (κ1) is 13.2. The molecule has 2 nitrogen and oxygen atoms in total. The zero-order chi connectivity index (χ0) is 13.1. The predicted octanol–water partition coefficient (Wildman–Crippen LogP) is 4.60. The van der Waals surface area contributed by atoms with Crippen LogP contribution < -0.4 is 5.32 Å². The van der Waals surface area contributed by atoms with Gasteiger partial charge in [0.2, 0.25) is 0 Å². The summed E-state index contributed by atoms with van der Waals surface area (Å²) in [6.07, 6.45) is 0. The average molecular weight is 373 g/mol. The lowest BCUT2D eigenvalue weighted by molar-refractivity contribution is 0.102. The minimum atomic E-state index is -0.433. The van der Waals surface area contributed by atoms with E-state index in [4.69, 9.17) is 0 Å². The Labute approximate surface area is 120 Å². The third-order valence-electron chi connectivity index (χ3n) is 2.27. The Morgan fingerprint density at radius 1 is 1.11 bits per heavy atom. The Morgan fingerprint density at radius 3 is 2.56 bits per heavy atom. The summed E-state index contributed by atoms with van der Waals surface area (Å²) in [7, 11) is 0. The van der Waals surface area contributed by atoms with Crippen LogP contribution in [0, 0.1) is 5.82 Å². The van der Waals surface area contributed by atoms with E-state index in [9.17, 15) is 9.18 Å². The lowest BCUT2D eigenvalue weighted by Crippen LogP contribution is -2.12. The summed E-state index contributed by atoms with van der Waals surface area (Å²) in [4.78, 5) is 11.9. The van der Waals surface area contributed by atoms with Crippen molar-refractivity contribution in [2.24, 2.45) is 0 Å². The molecule has 5 heteroatoms. The molecular formula is C13H8Br2FNO. The molecule has 2 rings (SSSR count). The number of carbonyl (C=O) groups excluding carboxylic acids is 1. The van der Waals surface area contributed by atoms with Crippen molar-refractivity contribution in [1.82, 2.24) is 0 Å². The van der Waals surface area contributed by atoms with Gasteiger partial charge < -0.3 is 5.32 Å². The molecule has 0 aliphatic rings. The molecule has 2 aromatic rings. The van der Waals surface area contributed by atoms with Gasteiger partial charge in [-0.15, -0.1) is 0 Å². The van der Waals surface area contributed by atoms with Gasteiger partial charge in [0.15, 0.2) is 0 Å². The highest BCUT2D eigenvalue weighted by atomic mass is 79.9. The van der Waals surface area contributed by atoms with Crippen molar-refractivity contribution in [2.75, 3.05) is 5.32 Å². The molecule has 2 aromatic carbocycles. The molecule has 0 aromatic heterocycles. The molecule has 1 N–H and O–H groups in total. The summed E-state index contributed by atoms with van der Waals surface area (Å²) < 4.78 is 14.7. The lowest BCUT2D eigenvalue weighted by Gasteiger charge is -2.07. The van der Waals surface area contributed by atoms with Gasteiger partial charge in [0.25, 0.3) is 5.91 Å². The van der Waals surface area contributed by atoms with Crippen LogP contribution in [0.15, 0.2) is 51.4 Å². The number of hydrogen-bond acceptors (Lipinski definition) is 1. The van der Waals surface area contributed by atoms with Crippen molar-refractivity contribution >= 4 is 43.5 Å². The zero-order valence-electron chi connectivity index (χ0n) is 9.08. The molecule has 0 saturated carbocycles. The number of carbonyl (C=O) groups is 1. The standard InChI is InChI=1S/C13H8Br2FNO/c14-9-4-5-12(11(15)7-9)17-13(18)8-2-1-3-10(16)6-8/h1-7H,(H,17,18). The quantitative estimate of drug-likeness (QED) is 0.819. The summed E-state index contributed by atoms with van der Waals surface area (Å²) in [6.45, 7) is 0. The molecule has 1 amide bonds. The number of amides is 1. The Hall–Kier alpha value is -1.20. The molecule has 0 bridgehead atoms. The monoisotopic (exact) mass is 371 g/mol. The van der Waals surface area contributed by atoms with Crippen molar-refractivity contribution in [3.8, 4) is 0 Å². The number of halogens is 3. The molecule has 0 heterocycles. The average Bonchev–Trinajstić information content (AvgIpc) is 2.32. The van der Waals surface area contributed by atoms with Gasteiger partial charge >= 0.3 is 0 Å². The second-order valence-electron chi connectivity index (χ2n) is 3.59. The number of nitrogens with one attached hydrogen (secondary N) is 1. The number of anilines is 1. The van der Waals surface area contributed by atoms with Crippen LogP contribution in [0.2, 0.25) is 0 Å². The van der Waals surface area contributed by atoms with Crippen LogP contribution in [-0.2, 0) is 0 Å². The van der Waals surface area contributed by atoms with E-state index >= 15 is 0 Å². The van der Waals surface area contributed by atoms with Crippen LogP contribution >= 0.6 is 31.9 Å². The van der Waals surface area contributed by atoms with E-state index in [2.05, 4.69) is 37.2 Å². The third kappa shape index (κ3) is 3.17. The Balaban J connectivity index is 2.21. The van der Waals surface area contributed by atoms with Crippen molar-refractivity contribution in [3.63, 3.8) is 0 Å². The molecule has 0 unspecified atom stereocenters. The van der Waals surface area contributed by atoms with Crippen molar-refractivity contribution < 1.29 is 9.18 Å². The first-order chi connectivity index (χ1) is 8.56. The Morgan fingerprint density at radius 2 is 1.89 bits per heavy atom. The van der Waals surface area contributed by atoms with E-state index in [0.29, 0.717) is 5.69 Å². The molecule has 0 fully saturated rings. The Kier molecular flexibility index (Phi) is 4.14. The van der Waals surface area contributed by atoms with Gasteiger partial charge in [0.1, 0.15) is 5.82 Å². The molecule has 0 radical (unpaired) electrons. The first-order valence-electron chi connectivity index (χ1n) is 5.08. The van der Waals surface area contributed by atoms with Gasteiger partial charge in [-0.25, -0.2) is 4.39 Å². The Bertz CT molecular complexity index is 601. The third-order valence-corrected chi connectivity index (χ3v) is 3.42. The van der Waals surface area contributed by atoms with Crippen molar-refractivity contribution in [1.29, 1.82) is 0 Å². The molecule has 92 valence electrons. The first-order valence-corrected chi connectivity index (χ1v) is 6.67. The largest absolute Gasteiger partial charge is 0.321 e. The minimum Gasteiger partial charge on any atom is -0.321 e. The molecule has 0 spiro atoms. The van der Waals surface area contributed by atoms with Gasteiger partial charge in [0.05, 0.1) is 5.69 Å². The van der Waals surface area contributed by atoms with Crippen LogP contribution in [0.3, 0.4) is 0 Å². The number of benzene rings is 2. The second-order valence-corrected chi connectivity index (χ2v) is 5.36. The van der Waals surface area contributed by atoms with Gasteiger partial charge in [-0.3, -0.25) is 4.79 Å². The SMILES string of the molecule is O=C(Nc1ccc(Br)cc1Br)c1cccc(F)c1. The highest BCUT2D eigenvalue weighted by Gasteiger charge is 2.09.